The van der Waals surface area contributed by atoms with Gasteiger partial charge >= 0.3 is 0 Å². The number of nitrogens with zero attached hydrogens (tertiary/aromatic N) is 1. The van der Waals surface area contributed by atoms with Gasteiger partial charge in [0, 0.05) is 23.2 Å². The van der Waals surface area contributed by atoms with Gasteiger partial charge in [0.25, 0.3) is 5.91 Å². The lowest BCUT2D eigenvalue weighted by molar-refractivity contribution is -0.115. The number of carbonyl (C=O) groups is 2. The van der Waals surface area contributed by atoms with Crippen LogP contribution >= 0.6 is 0 Å². The minimum absolute atomic E-state index is 0.0798. The average molecular weight is 324 g/mol. The van der Waals surface area contributed by atoms with E-state index in [1.54, 1.807) is 31.3 Å². The topological polar surface area (TPSA) is 107 Å². The van der Waals surface area contributed by atoms with Crippen LogP contribution in [-0.4, -0.2) is 27.1 Å². The molecular weight excluding hydrogens is 308 g/mol. The van der Waals surface area contributed by atoms with Gasteiger partial charge in [-0.25, -0.2) is 0 Å². The molecule has 0 atom stereocenters. The number of fused-ring (bicyclic) bond motifs is 1. The summed E-state index contributed by atoms with van der Waals surface area (Å²) in [6.07, 6.45) is 1.98. The third-order valence-corrected chi connectivity index (χ3v) is 3.54. The molecule has 3 aromatic rings. The van der Waals surface area contributed by atoms with Gasteiger partial charge < -0.3 is 15.7 Å². The number of aromatic hydroxyl groups is 1. The van der Waals surface area contributed by atoms with Gasteiger partial charge in [-0.3, -0.25) is 14.7 Å². The van der Waals surface area contributed by atoms with E-state index in [4.69, 9.17) is 0 Å². The van der Waals surface area contributed by atoms with Crippen molar-refractivity contribution in [3.63, 3.8) is 0 Å². The van der Waals surface area contributed by atoms with Crippen LogP contribution in [0.2, 0.25) is 0 Å². The summed E-state index contributed by atoms with van der Waals surface area (Å²) >= 11 is 0. The predicted octanol–water partition coefficient (Wildman–Crippen LogP) is 2.87. The fourth-order valence-electron chi connectivity index (χ4n) is 2.26. The first-order valence-corrected chi connectivity index (χ1v) is 7.44. The fraction of sp³-hybridized carbons (Fsp3) is 0.118. The Hall–Kier alpha value is -3.35. The second-order valence-corrected chi connectivity index (χ2v) is 5.26. The summed E-state index contributed by atoms with van der Waals surface area (Å²) in [6, 6.07) is 9.66. The number of hydrogen-bond donors (Lipinski definition) is 4. The molecule has 0 aliphatic heterocycles. The van der Waals surface area contributed by atoms with E-state index in [0.29, 0.717) is 17.8 Å². The highest BCUT2D eigenvalue weighted by molar-refractivity contribution is 6.07. The number of nitrogens with one attached hydrogen (secondary N) is 3. The average Bonchev–Trinajstić information content (AvgIpc) is 3.04. The van der Waals surface area contributed by atoms with E-state index in [9.17, 15) is 14.7 Å². The molecular formula is C17H16N4O3. The number of aromatic amines is 1. The molecule has 7 heteroatoms. The Morgan fingerprint density at radius 2 is 1.88 bits per heavy atom. The molecule has 2 amide bonds. The zero-order chi connectivity index (χ0) is 17.1. The van der Waals surface area contributed by atoms with Crippen molar-refractivity contribution in [2.75, 3.05) is 10.6 Å². The molecule has 24 heavy (non-hydrogen) atoms. The van der Waals surface area contributed by atoms with Crippen LogP contribution in [0.4, 0.5) is 11.4 Å². The van der Waals surface area contributed by atoms with Crippen LogP contribution < -0.4 is 10.6 Å². The maximum absolute atomic E-state index is 12.4. The fourth-order valence-corrected chi connectivity index (χ4v) is 2.26. The molecule has 0 saturated heterocycles. The van der Waals surface area contributed by atoms with Crippen LogP contribution in [0.1, 0.15) is 23.7 Å². The number of anilines is 2. The standard InChI is InChI=1S/C17H16N4O3/c1-2-16(23)19-12-4-6-15(22)13(8-12)17(24)20-11-3-5-14-10(7-11)9-18-21-14/h3-9,22H,2H2,1H3,(H,18,21)(H,19,23)(H,20,24). The van der Waals surface area contributed by atoms with Crippen LogP contribution in [0.3, 0.4) is 0 Å². The molecule has 3 rings (SSSR count). The van der Waals surface area contributed by atoms with E-state index >= 15 is 0 Å². The quantitative estimate of drug-likeness (QED) is 0.553. The molecule has 7 nitrogen and oxygen atoms in total. The van der Waals surface area contributed by atoms with E-state index in [2.05, 4.69) is 20.8 Å². The van der Waals surface area contributed by atoms with Crippen LogP contribution in [0, 0.1) is 0 Å². The molecule has 0 fully saturated rings. The zero-order valence-corrected chi connectivity index (χ0v) is 13.0. The molecule has 0 radical (unpaired) electrons. The van der Waals surface area contributed by atoms with Gasteiger partial charge in [-0.05, 0) is 36.4 Å². The summed E-state index contributed by atoms with van der Waals surface area (Å²) in [5.74, 6) is -0.799. The largest absolute Gasteiger partial charge is 0.507 e. The van der Waals surface area contributed by atoms with Crippen LogP contribution in [0.25, 0.3) is 10.9 Å². The van der Waals surface area contributed by atoms with Crippen molar-refractivity contribution in [1.82, 2.24) is 10.2 Å². The third-order valence-electron chi connectivity index (χ3n) is 3.54. The van der Waals surface area contributed by atoms with Crippen LogP contribution in [0.15, 0.2) is 42.6 Å². The maximum Gasteiger partial charge on any atom is 0.259 e. The SMILES string of the molecule is CCC(=O)Nc1ccc(O)c(C(=O)Nc2ccc3[nH]ncc3c2)c1. The number of H-pyrrole nitrogens is 1. The lowest BCUT2D eigenvalue weighted by atomic mass is 10.1. The van der Waals surface area contributed by atoms with Crippen LogP contribution in [-0.2, 0) is 4.79 Å². The Balaban J connectivity index is 1.83. The lowest BCUT2D eigenvalue weighted by Crippen LogP contribution is -2.14. The van der Waals surface area contributed by atoms with E-state index in [1.807, 2.05) is 0 Å². The van der Waals surface area contributed by atoms with Crippen molar-refractivity contribution < 1.29 is 14.7 Å². The Bertz CT molecular complexity index is 917. The number of aromatic nitrogens is 2. The molecule has 122 valence electrons. The summed E-state index contributed by atoms with van der Waals surface area (Å²) in [7, 11) is 0. The van der Waals surface area contributed by atoms with Crippen molar-refractivity contribution in [3.8, 4) is 5.75 Å². The van der Waals surface area contributed by atoms with Crippen molar-refractivity contribution in [1.29, 1.82) is 0 Å². The second kappa shape index (κ2) is 6.41. The molecule has 0 unspecified atom stereocenters. The zero-order valence-electron chi connectivity index (χ0n) is 13.0. The van der Waals surface area contributed by atoms with E-state index in [-0.39, 0.29) is 17.2 Å². The molecule has 0 saturated carbocycles. The molecule has 2 aromatic carbocycles. The number of rotatable bonds is 4. The third kappa shape index (κ3) is 3.19. The van der Waals surface area contributed by atoms with Gasteiger partial charge in [0.05, 0.1) is 17.3 Å². The Labute approximate surface area is 137 Å². The summed E-state index contributed by atoms with van der Waals surface area (Å²) in [6.45, 7) is 1.73. The van der Waals surface area contributed by atoms with Crippen LogP contribution in [0.5, 0.6) is 5.75 Å². The van der Waals surface area contributed by atoms with Gasteiger partial charge in [-0.1, -0.05) is 6.92 Å². The van der Waals surface area contributed by atoms with E-state index in [1.165, 1.54) is 18.2 Å². The van der Waals surface area contributed by atoms with E-state index in [0.717, 1.165) is 10.9 Å². The number of phenols is 1. The minimum Gasteiger partial charge on any atom is -0.507 e. The highest BCUT2D eigenvalue weighted by Gasteiger charge is 2.13. The van der Waals surface area contributed by atoms with Gasteiger partial charge in [0.15, 0.2) is 0 Å². The summed E-state index contributed by atoms with van der Waals surface area (Å²) < 4.78 is 0. The molecule has 0 aliphatic rings. The van der Waals surface area contributed by atoms with Crippen molar-refractivity contribution in [2.24, 2.45) is 0 Å². The molecule has 4 N–H and O–H groups in total. The number of carbonyl (C=O) groups excluding carboxylic acids is 2. The van der Waals surface area contributed by atoms with Gasteiger partial charge in [0.1, 0.15) is 5.75 Å². The second-order valence-electron chi connectivity index (χ2n) is 5.26. The van der Waals surface area contributed by atoms with Crippen molar-refractivity contribution in [2.45, 2.75) is 13.3 Å². The van der Waals surface area contributed by atoms with E-state index < -0.39 is 5.91 Å². The minimum atomic E-state index is -0.469. The molecule has 1 heterocycles. The highest BCUT2D eigenvalue weighted by Crippen LogP contribution is 2.24. The number of hydrogen-bond acceptors (Lipinski definition) is 4. The molecule has 0 bridgehead atoms. The normalized spacial score (nSPS) is 10.5. The number of benzene rings is 2. The van der Waals surface area contributed by atoms with Crippen molar-refractivity contribution >= 4 is 34.1 Å². The highest BCUT2D eigenvalue weighted by atomic mass is 16.3. The summed E-state index contributed by atoms with van der Waals surface area (Å²) in [4.78, 5) is 23.9. The van der Waals surface area contributed by atoms with Gasteiger partial charge in [-0.15, -0.1) is 0 Å². The van der Waals surface area contributed by atoms with Crippen molar-refractivity contribution in [3.05, 3.63) is 48.2 Å². The summed E-state index contributed by atoms with van der Waals surface area (Å²) in [5, 5.41) is 22.9. The molecule has 0 aliphatic carbocycles. The molecule has 1 aromatic heterocycles. The van der Waals surface area contributed by atoms with Gasteiger partial charge in [0.2, 0.25) is 5.91 Å². The smallest absolute Gasteiger partial charge is 0.259 e. The predicted molar refractivity (Wildman–Crippen MR) is 91.1 cm³/mol. The number of amides is 2. The monoisotopic (exact) mass is 324 g/mol. The first-order valence-electron chi connectivity index (χ1n) is 7.44. The lowest BCUT2D eigenvalue weighted by Gasteiger charge is -2.10. The Kier molecular flexibility index (Phi) is 4.15. The molecule has 0 spiro atoms. The first kappa shape index (κ1) is 15.5. The Morgan fingerprint density at radius 3 is 2.67 bits per heavy atom. The maximum atomic E-state index is 12.4. The number of phenolic OH excluding ortho intramolecular Hbond substituents is 1. The Morgan fingerprint density at radius 1 is 1.12 bits per heavy atom. The first-order chi connectivity index (χ1) is 11.6. The van der Waals surface area contributed by atoms with Gasteiger partial charge in [-0.2, -0.15) is 5.10 Å². The summed E-state index contributed by atoms with van der Waals surface area (Å²) in [5.41, 5.74) is 1.97.